The Morgan fingerprint density at radius 3 is 2.26 bits per heavy atom. The van der Waals surface area contributed by atoms with Crippen LogP contribution in [0.1, 0.15) is 32.1 Å². The molecule has 2 aliphatic rings. The monoisotopic (exact) mass is 397 g/mol. The van der Waals surface area contributed by atoms with E-state index in [1.165, 1.54) is 16.4 Å². The molecule has 6 nitrogen and oxygen atoms in total. The quantitative estimate of drug-likeness (QED) is 0.762. The first kappa shape index (κ1) is 20.2. The third-order valence-corrected chi connectivity index (χ3v) is 7.46. The third-order valence-electron chi connectivity index (χ3n) is 5.55. The number of amides is 1. The molecular weight excluding hydrogens is 369 g/mol. The van der Waals surface area contributed by atoms with Gasteiger partial charge in [0.15, 0.2) is 0 Å². The van der Waals surface area contributed by atoms with Crippen molar-refractivity contribution in [1.29, 1.82) is 0 Å². The summed E-state index contributed by atoms with van der Waals surface area (Å²) in [6, 6.07) is 4.68. The second-order valence-corrected chi connectivity index (χ2v) is 9.37. The van der Waals surface area contributed by atoms with Crippen molar-refractivity contribution in [3.05, 3.63) is 30.1 Å². The molecule has 1 aliphatic carbocycles. The number of carbonyl (C=O) groups is 1. The second-order valence-electron chi connectivity index (χ2n) is 7.48. The van der Waals surface area contributed by atoms with Gasteiger partial charge in [-0.05, 0) is 44.2 Å². The average Bonchev–Trinajstić information content (AvgIpc) is 2.67. The van der Waals surface area contributed by atoms with Crippen molar-refractivity contribution in [2.24, 2.45) is 0 Å². The van der Waals surface area contributed by atoms with E-state index >= 15 is 0 Å². The fraction of sp³-hybridized carbons (Fsp3) is 0.632. The zero-order valence-electron chi connectivity index (χ0n) is 15.8. The van der Waals surface area contributed by atoms with Crippen LogP contribution < -0.4 is 0 Å². The van der Waals surface area contributed by atoms with E-state index in [1.54, 1.807) is 4.90 Å². The van der Waals surface area contributed by atoms with Gasteiger partial charge < -0.3 is 9.80 Å². The lowest BCUT2D eigenvalue weighted by Crippen LogP contribution is -2.52. The number of benzene rings is 1. The van der Waals surface area contributed by atoms with Gasteiger partial charge in [-0.2, -0.15) is 4.31 Å². The number of halogens is 1. The lowest BCUT2D eigenvalue weighted by molar-refractivity contribution is -0.133. The zero-order chi connectivity index (χ0) is 19.4. The maximum absolute atomic E-state index is 13.2. The highest BCUT2D eigenvalue weighted by atomic mass is 32.2. The van der Waals surface area contributed by atoms with Crippen LogP contribution in [0.4, 0.5) is 4.39 Å². The molecule has 0 radical (unpaired) electrons. The smallest absolute Gasteiger partial charge is 0.243 e. The van der Waals surface area contributed by atoms with E-state index < -0.39 is 15.8 Å². The van der Waals surface area contributed by atoms with Crippen LogP contribution in [-0.2, 0) is 14.8 Å². The van der Waals surface area contributed by atoms with Crippen LogP contribution in [-0.4, -0.2) is 74.2 Å². The molecule has 1 aromatic carbocycles. The Bertz CT molecular complexity index is 740. The summed E-state index contributed by atoms with van der Waals surface area (Å²) < 4.78 is 41.1. The van der Waals surface area contributed by atoms with E-state index in [-0.39, 0.29) is 23.4 Å². The molecule has 1 amide bonds. The van der Waals surface area contributed by atoms with Crippen molar-refractivity contribution in [3.63, 3.8) is 0 Å². The van der Waals surface area contributed by atoms with Gasteiger partial charge in [0.05, 0.1) is 11.4 Å². The summed E-state index contributed by atoms with van der Waals surface area (Å²) in [5.41, 5.74) is 0. The molecule has 27 heavy (non-hydrogen) atoms. The molecular formula is C19H28FN3O3S. The molecule has 3 rings (SSSR count). The molecule has 150 valence electrons. The molecule has 8 heteroatoms. The minimum Gasteiger partial charge on any atom is -0.339 e. The van der Waals surface area contributed by atoms with E-state index in [4.69, 9.17) is 0 Å². The second kappa shape index (κ2) is 8.67. The molecule has 2 fully saturated rings. The zero-order valence-corrected chi connectivity index (χ0v) is 16.6. The van der Waals surface area contributed by atoms with Gasteiger partial charge in [0.25, 0.3) is 0 Å². The van der Waals surface area contributed by atoms with Gasteiger partial charge in [-0.3, -0.25) is 4.79 Å². The van der Waals surface area contributed by atoms with E-state index in [0.29, 0.717) is 13.1 Å². The standard InChI is InChI=1S/C19H28FN3O3S/c1-21-11-13-22(14-12-21)19(24)15-23(17-5-3-2-4-6-17)27(25,26)18-9-7-16(20)8-10-18/h7-10,17H,2-6,11-15H2,1H3. The number of carbonyl (C=O) groups excluding carboxylic acids is 1. The van der Waals surface area contributed by atoms with Crippen molar-refractivity contribution >= 4 is 15.9 Å². The van der Waals surface area contributed by atoms with E-state index in [2.05, 4.69) is 4.90 Å². The minimum atomic E-state index is -3.85. The molecule has 1 aromatic rings. The maximum Gasteiger partial charge on any atom is 0.243 e. The highest BCUT2D eigenvalue weighted by molar-refractivity contribution is 7.89. The summed E-state index contributed by atoms with van der Waals surface area (Å²) in [5.74, 6) is -0.633. The first-order chi connectivity index (χ1) is 12.9. The van der Waals surface area contributed by atoms with Crippen molar-refractivity contribution in [1.82, 2.24) is 14.1 Å². The average molecular weight is 398 g/mol. The fourth-order valence-corrected chi connectivity index (χ4v) is 5.45. The number of hydrogen-bond donors (Lipinski definition) is 0. The van der Waals surface area contributed by atoms with Crippen LogP contribution in [0.25, 0.3) is 0 Å². The number of likely N-dealkylation sites (N-methyl/N-ethyl adjacent to an activating group) is 1. The van der Waals surface area contributed by atoms with E-state index in [9.17, 15) is 17.6 Å². The normalized spacial score (nSPS) is 20.2. The first-order valence-corrected chi connectivity index (χ1v) is 11.1. The predicted octanol–water partition coefficient (Wildman–Crippen LogP) is 1.92. The van der Waals surface area contributed by atoms with Crippen LogP contribution in [0.2, 0.25) is 0 Å². The van der Waals surface area contributed by atoms with Crippen molar-refractivity contribution in [3.8, 4) is 0 Å². The van der Waals surface area contributed by atoms with Gasteiger partial charge in [-0.1, -0.05) is 19.3 Å². The number of rotatable bonds is 5. The summed E-state index contributed by atoms with van der Waals surface area (Å²) in [6.07, 6.45) is 4.53. The van der Waals surface area contributed by atoms with Crippen LogP contribution in [0, 0.1) is 5.82 Å². The molecule has 0 spiro atoms. The Morgan fingerprint density at radius 2 is 1.67 bits per heavy atom. The Kier molecular flexibility index (Phi) is 6.49. The Labute approximate surface area is 161 Å². The molecule has 0 unspecified atom stereocenters. The number of piperazine rings is 1. The van der Waals surface area contributed by atoms with Crippen molar-refractivity contribution in [2.45, 2.75) is 43.0 Å². The lowest BCUT2D eigenvalue weighted by Gasteiger charge is -2.36. The molecule has 0 atom stereocenters. The van der Waals surface area contributed by atoms with Crippen LogP contribution >= 0.6 is 0 Å². The Balaban J connectivity index is 1.82. The van der Waals surface area contributed by atoms with Gasteiger partial charge in [0.2, 0.25) is 15.9 Å². The molecule has 1 heterocycles. The Morgan fingerprint density at radius 1 is 1.07 bits per heavy atom. The van der Waals surface area contributed by atoms with E-state index in [0.717, 1.165) is 57.3 Å². The lowest BCUT2D eigenvalue weighted by atomic mass is 9.95. The third kappa shape index (κ3) is 4.86. The molecule has 0 aromatic heterocycles. The largest absolute Gasteiger partial charge is 0.339 e. The van der Waals surface area contributed by atoms with Crippen molar-refractivity contribution < 1.29 is 17.6 Å². The minimum absolute atomic E-state index is 0.0423. The van der Waals surface area contributed by atoms with Crippen molar-refractivity contribution in [2.75, 3.05) is 39.8 Å². The maximum atomic E-state index is 13.2. The SMILES string of the molecule is CN1CCN(C(=O)CN(C2CCCCC2)S(=O)(=O)c2ccc(F)cc2)CC1. The van der Waals surface area contributed by atoms with Gasteiger partial charge in [-0.25, -0.2) is 12.8 Å². The summed E-state index contributed by atoms with van der Waals surface area (Å²) in [7, 11) is -1.84. The molecule has 1 aliphatic heterocycles. The van der Waals surface area contributed by atoms with Gasteiger partial charge in [0, 0.05) is 32.2 Å². The molecule has 1 saturated carbocycles. The van der Waals surface area contributed by atoms with Gasteiger partial charge >= 0.3 is 0 Å². The Hall–Kier alpha value is -1.51. The topological polar surface area (TPSA) is 60.9 Å². The number of nitrogens with zero attached hydrogens (tertiary/aromatic N) is 3. The first-order valence-electron chi connectivity index (χ1n) is 9.61. The van der Waals surface area contributed by atoms with Gasteiger partial charge in [0.1, 0.15) is 5.82 Å². The summed E-state index contributed by atoms with van der Waals surface area (Å²) in [4.78, 5) is 16.8. The number of hydrogen-bond acceptors (Lipinski definition) is 4. The van der Waals surface area contributed by atoms with Crippen LogP contribution in [0.15, 0.2) is 29.2 Å². The highest BCUT2D eigenvalue weighted by Crippen LogP contribution is 2.28. The fourth-order valence-electron chi connectivity index (χ4n) is 3.81. The highest BCUT2D eigenvalue weighted by Gasteiger charge is 2.35. The predicted molar refractivity (Wildman–Crippen MR) is 101 cm³/mol. The molecule has 0 N–H and O–H groups in total. The molecule has 1 saturated heterocycles. The number of sulfonamides is 1. The van der Waals surface area contributed by atoms with Gasteiger partial charge in [-0.15, -0.1) is 0 Å². The van der Waals surface area contributed by atoms with Crippen LogP contribution in [0.3, 0.4) is 0 Å². The summed E-state index contributed by atoms with van der Waals surface area (Å²) >= 11 is 0. The molecule has 0 bridgehead atoms. The summed E-state index contributed by atoms with van der Waals surface area (Å²) in [5, 5.41) is 0. The summed E-state index contributed by atoms with van der Waals surface area (Å²) in [6.45, 7) is 2.67. The van der Waals surface area contributed by atoms with Crippen LogP contribution in [0.5, 0.6) is 0 Å². The van der Waals surface area contributed by atoms with E-state index in [1.807, 2.05) is 7.05 Å².